The third-order valence-corrected chi connectivity index (χ3v) is 3.79. The molecule has 2 rings (SSSR count). The Bertz CT molecular complexity index is 347. The molecule has 0 bridgehead atoms. The standard InChI is InChI=1S/C13H24N4/c1-11-10-13(5-8-16(11)2)14-7-4-12-6-9-17(3)15-12/h6,9,11,13-14H,4-5,7-8,10H2,1-3H3. The highest BCUT2D eigenvalue weighted by molar-refractivity contribution is 4.99. The first-order valence-corrected chi connectivity index (χ1v) is 6.57. The Morgan fingerprint density at radius 1 is 1.47 bits per heavy atom. The minimum Gasteiger partial charge on any atom is -0.313 e. The van der Waals surface area contributed by atoms with Crippen LogP contribution in [0.25, 0.3) is 0 Å². The zero-order valence-corrected chi connectivity index (χ0v) is 11.2. The van der Waals surface area contributed by atoms with Gasteiger partial charge in [0.05, 0.1) is 5.69 Å². The number of hydrogen-bond donors (Lipinski definition) is 1. The zero-order chi connectivity index (χ0) is 12.3. The maximum atomic E-state index is 4.39. The number of rotatable bonds is 4. The minimum absolute atomic E-state index is 0.685. The van der Waals surface area contributed by atoms with Gasteiger partial charge in [-0.1, -0.05) is 0 Å². The molecule has 0 amide bonds. The number of aryl methyl sites for hydroxylation is 1. The van der Waals surface area contributed by atoms with Crippen LogP contribution in [-0.2, 0) is 13.5 Å². The molecular weight excluding hydrogens is 212 g/mol. The van der Waals surface area contributed by atoms with Crippen molar-refractivity contribution in [2.75, 3.05) is 20.1 Å². The van der Waals surface area contributed by atoms with Crippen LogP contribution in [0, 0.1) is 0 Å². The van der Waals surface area contributed by atoms with Crippen LogP contribution in [0.4, 0.5) is 0 Å². The summed E-state index contributed by atoms with van der Waals surface area (Å²) in [6.45, 7) is 4.56. The number of nitrogens with zero attached hydrogens (tertiary/aromatic N) is 3. The Morgan fingerprint density at radius 3 is 2.94 bits per heavy atom. The topological polar surface area (TPSA) is 33.1 Å². The van der Waals surface area contributed by atoms with Crippen LogP contribution in [0.5, 0.6) is 0 Å². The van der Waals surface area contributed by atoms with E-state index in [1.807, 2.05) is 17.9 Å². The second-order valence-corrected chi connectivity index (χ2v) is 5.24. The number of hydrogen-bond acceptors (Lipinski definition) is 3. The molecule has 2 heterocycles. The maximum Gasteiger partial charge on any atom is 0.0637 e. The van der Waals surface area contributed by atoms with Crippen molar-refractivity contribution in [3.8, 4) is 0 Å². The molecule has 17 heavy (non-hydrogen) atoms. The average molecular weight is 236 g/mol. The number of aromatic nitrogens is 2. The summed E-state index contributed by atoms with van der Waals surface area (Å²) >= 11 is 0. The average Bonchev–Trinajstić information content (AvgIpc) is 2.70. The van der Waals surface area contributed by atoms with Crippen molar-refractivity contribution in [2.45, 2.75) is 38.3 Å². The lowest BCUT2D eigenvalue weighted by Crippen LogP contribution is -2.46. The molecule has 2 atom stereocenters. The third-order valence-electron chi connectivity index (χ3n) is 3.79. The minimum atomic E-state index is 0.685. The lowest BCUT2D eigenvalue weighted by Gasteiger charge is -2.35. The Labute approximate surface area is 104 Å². The van der Waals surface area contributed by atoms with Crippen molar-refractivity contribution < 1.29 is 0 Å². The van der Waals surface area contributed by atoms with Gasteiger partial charge in [0.2, 0.25) is 0 Å². The van der Waals surface area contributed by atoms with Gasteiger partial charge in [0.15, 0.2) is 0 Å². The predicted molar refractivity (Wildman–Crippen MR) is 70.0 cm³/mol. The number of likely N-dealkylation sites (tertiary alicyclic amines) is 1. The van der Waals surface area contributed by atoms with Gasteiger partial charge in [0.25, 0.3) is 0 Å². The summed E-state index contributed by atoms with van der Waals surface area (Å²) in [5.41, 5.74) is 1.18. The molecule has 2 unspecified atom stereocenters. The van der Waals surface area contributed by atoms with Crippen molar-refractivity contribution >= 4 is 0 Å². The van der Waals surface area contributed by atoms with Crippen molar-refractivity contribution in [1.29, 1.82) is 0 Å². The molecule has 4 nitrogen and oxygen atoms in total. The van der Waals surface area contributed by atoms with Gasteiger partial charge in [-0.3, -0.25) is 4.68 Å². The molecule has 96 valence electrons. The van der Waals surface area contributed by atoms with Crippen molar-refractivity contribution in [3.63, 3.8) is 0 Å². The summed E-state index contributed by atoms with van der Waals surface area (Å²) in [6, 6.07) is 3.49. The Morgan fingerprint density at radius 2 is 2.29 bits per heavy atom. The van der Waals surface area contributed by atoms with Crippen LogP contribution in [0.3, 0.4) is 0 Å². The van der Waals surface area contributed by atoms with Crippen LogP contribution >= 0.6 is 0 Å². The van der Waals surface area contributed by atoms with Gasteiger partial charge in [-0.2, -0.15) is 5.10 Å². The second-order valence-electron chi connectivity index (χ2n) is 5.24. The van der Waals surface area contributed by atoms with Crippen molar-refractivity contribution in [2.24, 2.45) is 7.05 Å². The highest BCUT2D eigenvalue weighted by atomic mass is 15.2. The van der Waals surface area contributed by atoms with E-state index >= 15 is 0 Å². The van der Waals surface area contributed by atoms with Crippen molar-refractivity contribution in [3.05, 3.63) is 18.0 Å². The quantitative estimate of drug-likeness (QED) is 0.848. The SMILES string of the molecule is CC1CC(NCCc2ccn(C)n2)CCN1C. The first-order valence-electron chi connectivity index (χ1n) is 6.57. The van der Waals surface area contributed by atoms with Gasteiger partial charge in [-0.05, 0) is 39.4 Å². The lowest BCUT2D eigenvalue weighted by molar-refractivity contribution is 0.169. The molecule has 0 aromatic carbocycles. The fraction of sp³-hybridized carbons (Fsp3) is 0.769. The Kier molecular flexibility index (Phi) is 4.18. The Balaban J connectivity index is 1.69. The number of nitrogens with one attached hydrogen (secondary N) is 1. The van der Waals surface area contributed by atoms with Gasteiger partial charge in [0, 0.05) is 38.3 Å². The third kappa shape index (κ3) is 3.54. The van der Waals surface area contributed by atoms with E-state index in [9.17, 15) is 0 Å². The molecule has 0 aliphatic carbocycles. The molecule has 1 N–H and O–H groups in total. The molecule has 4 heteroatoms. The molecule has 1 aromatic heterocycles. The van der Waals surface area contributed by atoms with E-state index in [0.29, 0.717) is 12.1 Å². The van der Waals surface area contributed by atoms with E-state index in [0.717, 1.165) is 13.0 Å². The van der Waals surface area contributed by atoms with Gasteiger partial charge < -0.3 is 10.2 Å². The van der Waals surface area contributed by atoms with Gasteiger partial charge in [-0.25, -0.2) is 0 Å². The van der Waals surface area contributed by atoms with Crippen molar-refractivity contribution in [1.82, 2.24) is 20.0 Å². The molecule has 1 aliphatic heterocycles. The second kappa shape index (κ2) is 5.65. The first kappa shape index (κ1) is 12.6. The van der Waals surface area contributed by atoms with Gasteiger partial charge >= 0.3 is 0 Å². The van der Waals surface area contributed by atoms with Crippen LogP contribution in [0.2, 0.25) is 0 Å². The Hall–Kier alpha value is -0.870. The van der Waals surface area contributed by atoms with Crippen LogP contribution in [0.1, 0.15) is 25.5 Å². The predicted octanol–water partition coefficient (Wildman–Crippen LogP) is 1.03. The van der Waals surface area contributed by atoms with E-state index in [1.165, 1.54) is 25.1 Å². The van der Waals surface area contributed by atoms with E-state index in [2.05, 4.69) is 35.4 Å². The largest absolute Gasteiger partial charge is 0.313 e. The fourth-order valence-electron chi connectivity index (χ4n) is 2.48. The monoisotopic (exact) mass is 236 g/mol. The molecule has 0 radical (unpaired) electrons. The van der Waals surface area contributed by atoms with E-state index < -0.39 is 0 Å². The molecule has 1 aromatic rings. The summed E-state index contributed by atoms with van der Waals surface area (Å²) in [6.07, 6.45) is 5.57. The first-order chi connectivity index (χ1) is 8.15. The summed E-state index contributed by atoms with van der Waals surface area (Å²) in [4.78, 5) is 2.44. The highest BCUT2D eigenvalue weighted by Gasteiger charge is 2.21. The molecule has 1 saturated heterocycles. The summed E-state index contributed by atoms with van der Waals surface area (Å²) < 4.78 is 1.87. The van der Waals surface area contributed by atoms with Crippen LogP contribution < -0.4 is 5.32 Å². The zero-order valence-electron chi connectivity index (χ0n) is 11.2. The highest BCUT2D eigenvalue weighted by Crippen LogP contribution is 2.15. The molecule has 1 fully saturated rings. The molecule has 0 spiro atoms. The van der Waals surface area contributed by atoms with Gasteiger partial charge in [-0.15, -0.1) is 0 Å². The summed E-state index contributed by atoms with van der Waals surface area (Å²) in [7, 11) is 4.18. The smallest absolute Gasteiger partial charge is 0.0637 e. The van der Waals surface area contributed by atoms with E-state index in [1.54, 1.807) is 0 Å². The summed E-state index contributed by atoms with van der Waals surface area (Å²) in [5.74, 6) is 0. The lowest BCUT2D eigenvalue weighted by atomic mass is 9.99. The van der Waals surface area contributed by atoms with Gasteiger partial charge in [0.1, 0.15) is 0 Å². The fourth-order valence-corrected chi connectivity index (χ4v) is 2.48. The van der Waals surface area contributed by atoms with E-state index in [4.69, 9.17) is 0 Å². The molecule has 0 saturated carbocycles. The van der Waals surface area contributed by atoms with E-state index in [-0.39, 0.29) is 0 Å². The maximum absolute atomic E-state index is 4.39. The summed E-state index contributed by atoms with van der Waals surface area (Å²) in [5, 5.41) is 8.04. The number of piperidine rings is 1. The van der Waals surface area contributed by atoms with Crippen LogP contribution in [0.15, 0.2) is 12.3 Å². The van der Waals surface area contributed by atoms with Crippen LogP contribution in [-0.4, -0.2) is 46.9 Å². The molecular formula is C13H24N4. The normalized spacial score (nSPS) is 26.3. The molecule has 1 aliphatic rings.